The van der Waals surface area contributed by atoms with Crippen molar-refractivity contribution in [1.82, 2.24) is 5.32 Å². The predicted molar refractivity (Wildman–Crippen MR) is 48.5 cm³/mol. The molecule has 2 N–H and O–H groups in total. The maximum absolute atomic E-state index is 9.48. The van der Waals surface area contributed by atoms with Crippen LogP contribution < -0.4 is 5.32 Å². The summed E-state index contributed by atoms with van der Waals surface area (Å²) in [4.78, 5) is 0. The summed E-state index contributed by atoms with van der Waals surface area (Å²) >= 11 is 0. The third kappa shape index (κ3) is 1.24. The average Bonchev–Trinajstić information content (AvgIpc) is 2.28. The molecule has 0 aromatic heterocycles. The smallest absolute Gasteiger partial charge is 0.131 e. The summed E-state index contributed by atoms with van der Waals surface area (Å²) in [6, 6.07) is 0. The lowest BCUT2D eigenvalue weighted by atomic mass is 10.1. The summed E-state index contributed by atoms with van der Waals surface area (Å²) in [6.07, 6.45) is 7.91. The largest absolute Gasteiger partial charge is 0.374 e. The first-order valence-electron chi connectivity index (χ1n) is 4.28. The highest BCUT2D eigenvalue weighted by Crippen LogP contribution is 2.21. The lowest BCUT2D eigenvalue weighted by Crippen LogP contribution is -2.23. The Morgan fingerprint density at radius 2 is 2.17 bits per heavy atom. The molecule has 0 fully saturated rings. The van der Waals surface area contributed by atoms with Crippen molar-refractivity contribution in [2.75, 3.05) is 6.54 Å². The highest BCUT2D eigenvalue weighted by Gasteiger charge is 2.19. The minimum absolute atomic E-state index is 0.466. The van der Waals surface area contributed by atoms with Crippen LogP contribution in [0, 0.1) is 5.92 Å². The van der Waals surface area contributed by atoms with E-state index in [2.05, 4.69) is 30.5 Å². The van der Waals surface area contributed by atoms with Crippen LogP contribution in [0.3, 0.4) is 0 Å². The zero-order valence-corrected chi connectivity index (χ0v) is 7.12. The molecule has 2 heteroatoms. The summed E-state index contributed by atoms with van der Waals surface area (Å²) < 4.78 is 0. The molecule has 2 aliphatic rings. The van der Waals surface area contributed by atoms with E-state index in [-0.39, 0.29) is 0 Å². The lowest BCUT2D eigenvalue weighted by molar-refractivity contribution is 0.191. The van der Waals surface area contributed by atoms with Gasteiger partial charge in [-0.05, 0) is 17.1 Å². The minimum atomic E-state index is -0.466. The summed E-state index contributed by atoms with van der Waals surface area (Å²) in [5.41, 5.74) is 2.23. The Hall–Kier alpha value is -0.860. The fourth-order valence-electron chi connectivity index (χ4n) is 1.54. The molecule has 0 spiro atoms. The Balaban J connectivity index is 2.33. The molecule has 64 valence electrons. The Labute approximate surface area is 72.3 Å². The fourth-order valence-corrected chi connectivity index (χ4v) is 1.54. The second-order valence-corrected chi connectivity index (χ2v) is 3.34. The molecule has 0 aromatic rings. The van der Waals surface area contributed by atoms with Crippen LogP contribution >= 0.6 is 0 Å². The molecule has 1 heterocycles. The number of allylic oxidation sites excluding steroid dienone is 2. The van der Waals surface area contributed by atoms with Gasteiger partial charge in [0.15, 0.2) is 0 Å². The van der Waals surface area contributed by atoms with Crippen molar-refractivity contribution in [1.29, 1.82) is 0 Å². The van der Waals surface area contributed by atoms with Crippen molar-refractivity contribution in [3.63, 3.8) is 0 Å². The van der Waals surface area contributed by atoms with E-state index in [1.807, 2.05) is 6.08 Å². The van der Waals surface area contributed by atoms with Crippen molar-refractivity contribution >= 4 is 0 Å². The van der Waals surface area contributed by atoms with E-state index in [0.29, 0.717) is 5.92 Å². The first-order valence-corrected chi connectivity index (χ1v) is 4.28. The summed E-state index contributed by atoms with van der Waals surface area (Å²) in [5.74, 6) is 0.475. The Bertz CT molecular complexity index is 276. The topological polar surface area (TPSA) is 32.3 Å². The number of hydrogen-bond acceptors (Lipinski definition) is 2. The van der Waals surface area contributed by atoms with Gasteiger partial charge in [0.1, 0.15) is 6.23 Å². The van der Waals surface area contributed by atoms with Gasteiger partial charge >= 0.3 is 0 Å². The molecule has 0 saturated carbocycles. The summed E-state index contributed by atoms with van der Waals surface area (Å²) in [6.45, 7) is 2.92. The quantitative estimate of drug-likeness (QED) is 0.557. The highest BCUT2D eigenvalue weighted by molar-refractivity contribution is 5.42. The molecule has 12 heavy (non-hydrogen) atoms. The van der Waals surface area contributed by atoms with Crippen LogP contribution in [0.15, 0.2) is 35.5 Å². The van der Waals surface area contributed by atoms with Crippen molar-refractivity contribution in [2.24, 2.45) is 5.92 Å². The van der Waals surface area contributed by atoms with Gasteiger partial charge in [0.2, 0.25) is 0 Å². The summed E-state index contributed by atoms with van der Waals surface area (Å²) in [7, 11) is 0. The number of aliphatic hydroxyl groups is 1. The zero-order valence-electron chi connectivity index (χ0n) is 7.12. The van der Waals surface area contributed by atoms with E-state index >= 15 is 0 Å². The van der Waals surface area contributed by atoms with Gasteiger partial charge in [-0.3, -0.25) is 5.32 Å². The molecule has 0 bridgehead atoms. The Kier molecular flexibility index (Phi) is 1.87. The molecule has 0 amide bonds. The third-order valence-corrected chi connectivity index (χ3v) is 2.33. The highest BCUT2D eigenvalue weighted by atomic mass is 16.3. The first kappa shape index (κ1) is 7.77. The van der Waals surface area contributed by atoms with Crippen LogP contribution in [0.5, 0.6) is 0 Å². The maximum atomic E-state index is 9.48. The number of hydrogen-bond donors (Lipinski definition) is 2. The molecule has 0 aromatic carbocycles. The molecule has 2 atom stereocenters. The van der Waals surface area contributed by atoms with Crippen LogP contribution in [0.25, 0.3) is 0 Å². The van der Waals surface area contributed by atoms with E-state index < -0.39 is 6.23 Å². The monoisotopic (exact) mass is 163 g/mol. The fraction of sp³-hybridized carbons (Fsp3) is 0.400. The molecule has 2 unspecified atom stereocenters. The lowest BCUT2D eigenvalue weighted by Gasteiger charge is -2.03. The van der Waals surface area contributed by atoms with Crippen LogP contribution in [-0.2, 0) is 0 Å². The van der Waals surface area contributed by atoms with Crippen LogP contribution in [0.4, 0.5) is 0 Å². The van der Waals surface area contributed by atoms with Crippen molar-refractivity contribution < 1.29 is 5.11 Å². The predicted octanol–water partition coefficient (Wildman–Crippen LogP) is 0.967. The van der Waals surface area contributed by atoms with E-state index in [1.54, 1.807) is 0 Å². The van der Waals surface area contributed by atoms with E-state index in [9.17, 15) is 5.11 Å². The van der Waals surface area contributed by atoms with Crippen molar-refractivity contribution in [3.8, 4) is 0 Å². The summed E-state index contributed by atoms with van der Waals surface area (Å²) in [5, 5.41) is 12.5. The number of rotatable bonds is 0. The minimum Gasteiger partial charge on any atom is -0.374 e. The maximum Gasteiger partial charge on any atom is 0.131 e. The molecule has 1 aliphatic heterocycles. The van der Waals surface area contributed by atoms with Gasteiger partial charge in [-0.2, -0.15) is 0 Å². The van der Waals surface area contributed by atoms with Gasteiger partial charge in [-0.15, -0.1) is 0 Å². The van der Waals surface area contributed by atoms with Gasteiger partial charge in [0, 0.05) is 6.54 Å². The van der Waals surface area contributed by atoms with E-state index in [0.717, 1.165) is 12.1 Å². The van der Waals surface area contributed by atoms with Gasteiger partial charge in [-0.25, -0.2) is 0 Å². The van der Waals surface area contributed by atoms with Gasteiger partial charge in [-0.1, -0.05) is 31.2 Å². The average molecular weight is 163 g/mol. The third-order valence-electron chi connectivity index (χ3n) is 2.33. The van der Waals surface area contributed by atoms with Gasteiger partial charge in [0.25, 0.3) is 0 Å². The zero-order chi connectivity index (χ0) is 8.55. The molecule has 0 saturated heterocycles. The molecular weight excluding hydrogens is 150 g/mol. The second-order valence-electron chi connectivity index (χ2n) is 3.34. The molecule has 2 rings (SSSR count). The number of aliphatic hydroxyl groups excluding tert-OH is 1. The number of nitrogens with one attached hydrogen (secondary N) is 1. The van der Waals surface area contributed by atoms with Crippen LogP contribution in [-0.4, -0.2) is 17.9 Å². The Morgan fingerprint density at radius 3 is 3.00 bits per heavy atom. The molecule has 2 nitrogen and oxygen atoms in total. The molecule has 0 radical (unpaired) electrons. The first-order chi connectivity index (χ1) is 5.77. The van der Waals surface area contributed by atoms with Crippen LogP contribution in [0.1, 0.15) is 6.92 Å². The second kappa shape index (κ2) is 2.88. The van der Waals surface area contributed by atoms with E-state index in [4.69, 9.17) is 0 Å². The Morgan fingerprint density at radius 1 is 1.42 bits per heavy atom. The molecule has 1 aliphatic carbocycles. The SMILES string of the molecule is CC1C=CC2=C(C=C1)C(O)NC2. The standard InChI is InChI=1S/C10H13NO/c1-7-2-4-8-6-11-10(12)9(8)5-3-7/h2-5,7,10-12H,6H2,1H3. The van der Waals surface area contributed by atoms with Crippen LogP contribution in [0.2, 0.25) is 0 Å². The van der Waals surface area contributed by atoms with Gasteiger partial charge in [0.05, 0.1) is 0 Å². The van der Waals surface area contributed by atoms with Gasteiger partial charge < -0.3 is 5.11 Å². The van der Waals surface area contributed by atoms with Crippen molar-refractivity contribution in [2.45, 2.75) is 13.2 Å². The van der Waals surface area contributed by atoms with Crippen molar-refractivity contribution in [3.05, 3.63) is 35.5 Å². The normalized spacial score (nSPS) is 33.8. The molecular formula is C10H13NO. The van der Waals surface area contributed by atoms with E-state index in [1.165, 1.54) is 5.57 Å².